The van der Waals surface area contributed by atoms with Gasteiger partial charge in [-0.3, -0.25) is 9.78 Å². The largest absolute Gasteiger partial charge is 0.369 e. The number of nitrogens with one attached hydrogen (secondary N) is 1. The van der Waals surface area contributed by atoms with Crippen LogP contribution in [-0.2, 0) is 4.79 Å². The first-order valence-electron chi connectivity index (χ1n) is 9.07. The van der Waals surface area contributed by atoms with Gasteiger partial charge in [-0.2, -0.15) is 5.26 Å². The molecule has 4 rings (SSSR count). The van der Waals surface area contributed by atoms with Crippen LogP contribution in [0.2, 0.25) is 0 Å². The number of fused-ring (bicyclic) bond motifs is 1. The minimum Gasteiger partial charge on any atom is -0.369 e. The number of carbonyl (C=O) groups excluding carboxylic acids is 1. The number of anilines is 1. The van der Waals surface area contributed by atoms with E-state index >= 15 is 0 Å². The normalized spacial score (nSPS) is 20.3. The predicted molar refractivity (Wildman–Crippen MR) is 97.1 cm³/mol. The molecule has 2 aliphatic rings. The van der Waals surface area contributed by atoms with E-state index in [2.05, 4.69) is 21.3 Å². The molecule has 1 atom stereocenters. The lowest BCUT2D eigenvalue weighted by Crippen LogP contribution is -2.43. The molecule has 1 aromatic heterocycles. The van der Waals surface area contributed by atoms with Crippen molar-refractivity contribution in [2.45, 2.75) is 25.7 Å². The van der Waals surface area contributed by atoms with Crippen LogP contribution < -0.4 is 10.2 Å². The molecule has 0 spiro atoms. The zero-order chi connectivity index (χ0) is 17.2. The van der Waals surface area contributed by atoms with E-state index in [4.69, 9.17) is 0 Å². The van der Waals surface area contributed by atoms with Crippen LogP contribution in [0, 0.1) is 23.2 Å². The Labute approximate surface area is 147 Å². The second-order valence-electron chi connectivity index (χ2n) is 7.12. The molecule has 128 valence electrons. The van der Waals surface area contributed by atoms with E-state index in [0.29, 0.717) is 18.0 Å². The number of piperidine rings is 1. The molecule has 0 radical (unpaired) electrons. The van der Waals surface area contributed by atoms with Gasteiger partial charge in [-0.1, -0.05) is 18.2 Å². The van der Waals surface area contributed by atoms with Crippen LogP contribution in [0.3, 0.4) is 0 Å². The van der Waals surface area contributed by atoms with E-state index in [9.17, 15) is 10.1 Å². The van der Waals surface area contributed by atoms with Crippen molar-refractivity contribution in [3.05, 3.63) is 36.0 Å². The van der Waals surface area contributed by atoms with Crippen LogP contribution in [0.15, 0.2) is 30.5 Å². The maximum atomic E-state index is 12.5. The van der Waals surface area contributed by atoms with Crippen molar-refractivity contribution in [1.82, 2.24) is 10.3 Å². The summed E-state index contributed by atoms with van der Waals surface area (Å²) in [6.07, 6.45) is 6.01. The molecule has 1 aromatic carbocycles. The van der Waals surface area contributed by atoms with E-state index in [1.807, 2.05) is 24.3 Å². The lowest BCUT2D eigenvalue weighted by atomic mass is 9.95. The summed E-state index contributed by atoms with van der Waals surface area (Å²) in [5, 5.41) is 13.6. The zero-order valence-electron chi connectivity index (χ0n) is 14.2. The fourth-order valence-corrected chi connectivity index (χ4v) is 3.65. The lowest BCUT2D eigenvalue weighted by molar-refractivity contribution is -0.125. The molecule has 1 aliphatic carbocycles. The zero-order valence-corrected chi connectivity index (χ0v) is 14.2. The number of pyridine rings is 1. The fraction of sp³-hybridized carbons (Fsp3) is 0.450. The average molecular weight is 334 g/mol. The number of benzene rings is 1. The summed E-state index contributed by atoms with van der Waals surface area (Å²) in [6.45, 7) is 2.35. The number of carbonyl (C=O) groups is 1. The number of rotatable bonds is 4. The Morgan fingerprint density at radius 2 is 2.16 bits per heavy atom. The summed E-state index contributed by atoms with van der Waals surface area (Å²) >= 11 is 0. The molecule has 2 fully saturated rings. The van der Waals surface area contributed by atoms with Gasteiger partial charge >= 0.3 is 0 Å². The lowest BCUT2D eigenvalue weighted by Gasteiger charge is -2.34. The smallest absolute Gasteiger partial charge is 0.224 e. The maximum absolute atomic E-state index is 12.5. The summed E-state index contributed by atoms with van der Waals surface area (Å²) in [6, 6.07) is 10.2. The van der Waals surface area contributed by atoms with Crippen LogP contribution in [0.25, 0.3) is 10.9 Å². The molecule has 2 heterocycles. The molecule has 5 nitrogen and oxygen atoms in total. The summed E-state index contributed by atoms with van der Waals surface area (Å²) < 4.78 is 0. The highest BCUT2D eigenvalue weighted by Gasteiger charge is 2.29. The molecular formula is C20H22N4O. The van der Waals surface area contributed by atoms with Crippen LogP contribution in [0.5, 0.6) is 0 Å². The summed E-state index contributed by atoms with van der Waals surface area (Å²) in [5.74, 6) is 0.845. The van der Waals surface area contributed by atoms with Crippen molar-refractivity contribution >= 4 is 22.5 Å². The van der Waals surface area contributed by atoms with Crippen molar-refractivity contribution in [3.8, 4) is 6.07 Å². The van der Waals surface area contributed by atoms with Crippen molar-refractivity contribution < 1.29 is 4.79 Å². The van der Waals surface area contributed by atoms with Crippen molar-refractivity contribution in [2.75, 3.05) is 24.5 Å². The Balaban J connectivity index is 1.59. The van der Waals surface area contributed by atoms with Crippen LogP contribution in [0.4, 0.5) is 5.69 Å². The van der Waals surface area contributed by atoms with Crippen molar-refractivity contribution in [3.63, 3.8) is 0 Å². The fourth-order valence-electron chi connectivity index (χ4n) is 3.65. The van der Waals surface area contributed by atoms with E-state index < -0.39 is 0 Å². The number of para-hydroxylation sites is 1. The number of nitrogens with zero attached hydrogens (tertiary/aromatic N) is 3. The van der Waals surface area contributed by atoms with Crippen LogP contribution in [-0.4, -0.2) is 30.5 Å². The first kappa shape index (κ1) is 15.9. The predicted octanol–water partition coefficient (Wildman–Crippen LogP) is 2.85. The highest BCUT2D eigenvalue weighted by Crippen LogP contribution is 2.33. The number of aromatic nitrogens is 1. The van der Waals surface area contributed by atoms with E-state index in [-0.39, 0.29) is 11.8 Å². The standard InChI is InChI=1S/C20H22N4O/c21-10-16-12-22-18-6-2-1-5-17(18)19(16)24-9-3-4-15(13-24)20(25)23-11-14-7-8-14/h1-2,5-6,12,14-15H,3-4,7-9,11,13H2,(H,23,25)/t15-/m0/s1. The quantitative estimate of drug-likeness (QED) is 0.933. The van der Waals surface area contributed by atoms with Gasteiger partial charge in [0.05, 0.1) is 22.7 Å². The molecule has 1 amide bonds. The molecule has 1 saturated carbocycles. The van der Waals surface area contributed by atoms with Crippen molar-refractivity contribution in [1.29, 1.82) is 5.26 Å². The second-order valence-corrected chi connectivity index (χ2v) is 7.12. The molecule has 1 aliphatic heterocycles. The first-order valence-corrected chi connectivity index (χ1v) is 9.07. The highest BCUT2D eigenvalue weighted by atomic mass is 16.1. The Morgan fingerprint density at radius 3 is 2.96 bits per heavy atom. The summed E-state index contributed by atoms with van der Waals surface area (Å²) in [7, 11) is 0. The number of hydrogen-bond acceptors (Lipinski definition) is 4. The molecule has 2 aromatic rings. The Bertz CT molecular complexity index is 837. The third-order valence-corrected chi connectivity index (χ3v) is 5.24. The van der Waals surface area contributed by atoms with E-state index in [1.165, 1.54) is 12.8 Å². The van der Waals surface area contributed by atoms with Gasteiger partial charge in [0, 0.05) is 31.2 Å². The number of hydrogen-bond donors (Lipinski definition) is 1. The maximum Gasteiger partial charge on any atom is 0.224 e. The Kier molecular flexibility index (Phi) is 4.27. The topological polar surface area (TPSA) is 69.0 Å². The molecule has 5 heteroatoms. The van der Waals surface area contributed by atoms with E-state index in [1.54, 1.807) is 6.20 Å². The second kappa shape index (κ2) is 6.72. The van der Waals surface area contributed by atoms with Gasteiger partial charge in [0.1, 0.15) is 6.07 Å². The van der Waals surface area contributed by atoms with Gasteiger partial charge in [-0.15, -0.1) is 0 Å². The highest BCUT2D eigenvalue weighted by molar-refractivity contribution is 5.94. The molecule has 0 unspecified atom stereocenters. The number of amides is 1. The molecule has 25 heavy (non-hydrogen) atoms. The van der Waals surface area contributed by atoms with Crippen molar-refractivity contribution in [2.24, 2.45) is 11.8 Å². The minimum absolute atomic E-state index is 0.00836. The third kappa shape index (κ3) is 3.30. The van der Waals surface area contributed by atoms with Crippen LogP contribution in [0.1, 0.15) is 31.2 Å². The monoisotopic (exact) mass is 334 g/mol. The molecule has 0 bridgehead atoms. The van der Waals surface area contributed by atoms with Gasteiger partial charge in [0.25, 0.3) is 0 Å². The van der Waals surface area contributed by atoms with Gasteiger partial charge < -0.3 is 10.2 Å². The van der Waals surface area contributed by atoms with Gasteiger partial charge in [0.2, 0.25) is 5.91 Å². The summed E-state index contributed by atoms with van der Waals surface area (Å²) in [5.41, 5.74) is 2.39. The van der Waals surface area contributed by atoms with Crippen LogP contribution >= 0.6 is 0 Å². The third-order valence-electron chi connectivity index (χ3n) is 5.24. The molecule has 1 N–H and O–H groups in total. The van der Waals surface area contributed by atoms with E-state index in [0.717, 1.165) is 42.5 Å². The summed E-state index contributed by atoms with van der Waals surface area (Å²) in [4.78, 5) is 19.1. The van der Waals surface area contributed by atoms with Gasteiger partial charge in [0.15, 0.2) is 0 Å². The Morgan fingerprint density at radius 1 is 1.32 bits per heavy atom. The number of nitriles is 1. The minimum atomic E-state index is -0.00836. The Hall–Kier alpha value is -2.61. The van der Waals surface area contributed by atoms with Gasteiger partial charge in [-0.25, -0.2) is 0 Å². The molecule has 1 saturated heterocycles. The average Bonchev–Trinajstić information content (AvgIpc) is 3.49. The first-order chi connectivity index (χ1) is 12.3. The SMILES string of the molecule is N#Cc1cnc2ccccc2c1N1CCC[C@H](C(=O)NCC2CC2)C1. The molecular weight excluding hydrogens is 312 g/mol. The van der Waals surface area contributed by atoms with Gasteiger partial charge in [-0.05, 0) is 37.7 Å².